The Hall–Kier alpha value is -1.72. The largest absolute Gasteiger partial charge is 0.328 e. The zero-order chi connectivity index (χ0) is 15.8. The van der Waals surface area contributed by atoms with Crippen LogP contribution < -0.4 is 0 Å². The van der Waals surface area contributed by atoms with E-state index in [2.05, 4.69) is 6.07 Å². The van der Waals surface area contributed by atoms with Gasteiger partial charge in [-0.3, -0.25) is 4.79 Å². The molecular formula is C18H18N2OS2. The van der Waals surface area contributed by atoms with E-state index < -0.39 is 0 Å². The first-order valence-corrected chi connectivity index (χ1v) is 9.58. The van der Waals surface area contributed by atoms with Crippen molar-refractivity contribution in [3.63, 3.8) is 0 Å². The van der Waals surface area contributed by atoms with Gasteiger partial charge in [-0.15, -0.1) is 22.7 Å². The number of thiazole rings is 1. The molecule has 3 nitrogen and oxygen atoms in total. The number of aromatic nitrogens is 1. The lowest BCUT2D eigenvalue weighted by atomic mass is 10.0. The summed E-state index contributed by atoms with van der Waals surface area (Å²) in [5, 5.41) is 1.08. The molecule has 0 saturated carbocycles. The molecule has 1 saturated heterocycles. The molecule has 23 heavy (non-hydrogen) atoms. The van der Waals surface area contributed by atoms with Gasteiger partial charge in [0.1, 0.15) is 5.01 Å². The fraction of sp³-hybridized carbons (Fsp3) is 0.333. The van der Waals surface area contributed by atoms with Gasteiger partial charge in [-0.2, -0.15) is 0 Å². The molecule has 5 heteroatoms. The summed E-state index contributed by atoms with van der Waals surface area (Å²) in [6.07, 6.45) is 3.25. The van der Waals surface area contributed by atoms with Crippen LogP contribution in [0, 0.1) is 6.92 Å². The van der Waals surface area contributed by atoms with Crippen molar-refractivity contribution in [2.75, 3.05) is 6.54 Å². The monoisotopic (exact) mass is 342 g/mol. The van der Waals surface area contributed by atoms with Crippen molar-refractivity contribution >= 4 is 38.8 Å². The van der Waals surface area contributed by atoms with Gasteiger partial charge in [0.2, 0.25) is 0 Å². The summed E-state index contributed by atoms with van der Waals surface area (Å²) >= 11 is 3.31. The smallest absolute Gasteiger partial charge is 0.264 e. The molecule has 0 aliphatic carbocycles. The van der Waals surface area contributed by atoms with E-state index in [1.165, 1.54) is 9.58 Å². The average molecular weight is 342 g/mol. The van der Waals surface area contributed by atoms with Crippen LogP contribution in [0.3, 0.4) is 0 Å². The quantitative estimate of drug-likeness (QED) is 0.654. The molecule has 2 aromatic heterocycles. The Morgan fingerprint density at radius 1 is 1.17 bits per heavy atom. The molecule has 3 heterocycles. The molecule has 3 aromatic rings. The first-order chi connectivity index (χ1) is 11.2. The molecule has 0 spiro atoms. The molecule has 1 aromatic carbocycles. The summed E-state index contributed by atoms with van der Waals surface area (Å²) in [5.41, 5.74) is 1.04. The third kappa shape index (κ3) is 2.79. The SMILES string of the molecule is Cc1ccc(C(=O)N2CCCCC2c2nc3ccccc3s2)s1. The molecule has 1 unspecified atom stereocenters. The van der Waals surface area contributed by atoms with Crippen molar-refractivity contribution in [1.82, 2.24) is 9.88 Å². The molecule has 1 amide bonds. The fourth-order valence-electron chi connectivity index (χ4n) is 3.15. The lowest BCUT2D eigenvalue weighted by Gasteiger charge is -2.34. The van der Waals surface area contributed by atoms with Gasteiger partial charge in [-0.1, -0.05) is 12.1 Å². The second-order valence-corrected chi connectivity index (χ2v) is 8.29. The molecule has 1 aliphatic heterocycles. The summed E-state index contributed by atoms with van der Waals surface area (Å²) in [6, 6.07) is 12.3. The van der Waals surface area contributed by atoms with Crippen LogP contribution in [-0.2, 0) is 0 Å². The van der Waals surface area contributed by atoms with Crippen molar-refractivity contribution in [3.05, 3.63) is 51.2 Å². The second-order valence-electron chi connectivity index (χ2n) is 5.94. The Kier molecular flexibility index (Phi) is 3.91. The lowest BCUT2D eigenvalue weighted by molar-refractivity contribution is 0.0616. The molecule has 118 valence electrons. The molecule has 1 atom stereocenters. The minimum absolute atomic E-state index is 0.121. The zero-order valence-corrected chi connectivity index (χ0v) is 14.6. The summed E-state index contributed by atoms with van der Waals surface area (Å²) in [7, 11) is 0. The Morgan fingerprint density at radius 3 is 2.83 bits per heavy atom. The number of hydrogen-bond donors (Lipinski definition) is 0. The van der Waals surface area contributed by atoms with Gasteiger partial charge in [-0.25, -0.2) is 4.98 Å². The van der Waals surface area contributed by atoms with Gasteiger partial charge < -0.3 is 4.90 Å². The van der Waals surface area contributed by atoms with Crippen LogP contribution in [0.25, 0.3) is 10.2 Å². The maximum absolute atomic E-state index is 12.9. The number of thiophene rings is 1. The van der Waals surface area contributed by atoms with Crippen LogP contribution in [0.1, 0.15) is 44.9 Å². The molecular weight excluding hydrogens is 324 g/mol. The highest BCUT2D eigenvalue weighted by atomic mass is 32.1. The van der Waals surface area contributed by atoms with E-state index in [1.54, 1.807) is 22.7 Å². The van der Waals surface area contributed by atoms with Crippen LogP contribution in [0.2, 0.25) is 0 Å². The van der Waals surface area contributed by atoms with E-state index in [0.29, 0.717) is 0 Å². The lowest BCUT2D eigenvalue weighted by Crippen LogP contribution is -2.38. The van der Waals surface area contributed by atoms with Crippen LogP contribution in [0.15, 0.2) is 36.4 Å². The topological polar surface area (TPSA) is 33.2 Å². The van der Waals surface area contributed by atoms with Gasteiger partial charge in [-0.05, 0) is 50.5 Å². The first-order valence-electron chi connectivity index (χ1n) is 7.95. The number of fused-ring (bicyclic) bond motifs is 1. The third-order valence-corrected chi connectivity index (χ3v) is 6.44. The summed E-state index contributed by atoms with van der Waals surface area (Å²) in [4.78, 5) is 21.8. The molecule has 4 rings (SSSR count). The Morgan fingerprint density at radius 2 is 2.04 bits per heavy atom. The minimum Gasteiger partial charge on any atom is -0.328 e. The van der Waals surface area contributed by atoms with Crippen molar-refractivity contribution in [3.8, 4) is 0 Å². The highest BCUT2D eigenvalue weighted by Crippen LogP contribution is 2.36. The van der Waals surface area contributed by atoms with Crippen molar-refractivity contribution in [2.45, 2.75) is 32.2 Å². The summed E-state index contributed by atoms with van der Waals surface area (Å²) in [6.45, 7) is 2.87. The van der Waals surface area contributed by atoms with Gasteiger partial charge in [0.15, 0.2) is 0 Å². The standard InChI is InChI=1S/C18H18N2OS2/c1-12-9-10-16(22-12)18(21)20-11-5-4-7-14(20)17-19-13-6-2-3-8-15(13)23-17/h2-3,6,8-10,14H,4-5,7,11H2,1H3. The van der Waals surface area contributed by atoms with Crippen LogP contribution in [-0.4, -0.2) is 22.3 Å². The van der Waals surface area contributed by atoms with E-state index in [0.717, 1.165) is 41.2 Å². The van der Waals surface area contributed by atoms with E-state index in [1.807, 2.05) is 42.2 Å². The van der Waals surface area contributed by atoms with E-state index in [9.17, 15) is 4.79 Å². The Bertz CT molecular complexity index is 818. The summed E-state index contributed by atoms with van der Waals surface area (Å²) < 4.78 is 1.20. The predicted octanol–water partition coefficient (Wildman–Crippen LogP) is 5.03. The fourth-order valence-corrected chi connectivity index (χ4v) is 5.09. The minimum atomic E-state index is 0.121. The number of nitrogens with zero attached hydrogens (tertiary/aromatic N) is 2. The number of carbonyl (C=O) groups is 1. The maximum Gasteiger partial charge on any atom is 0.264 e. The Labute approximate surface area is 143 Å². The third-order valence-electron chi connectivity index (χ3n) is 4.31. The van der Waals surface area contributed by atoms with E-state index in [4.69, 9.17) is 4.98 Å². The highest BCUT2D eigenvalue weighted by molar-refractivity contribution is 7.18. The van der Waals surface area contributed by atoms with Crippen LogP contribution >= 0.6 is 22.7 Å². The molecule has 0 radical (unpaired) electrons. The number of hydrogen-bond acceptors (Lipinski definition) is 4. The molecule has 0 bridgehead atoms. The van der Waals surface area contributed by atoms with Crippen molar-refractivity contribution < 1.29 is 4.79 Å². The number of aryl methyl sites for hydroxylation is 1. The predicted molar refractivity (Wildman–Crippen MR) is 96.3 cm³/mol. The normalized spacial score (nSPS) is 18.5. The number of benzene rings is 1. The molecule has 0 N–H and O–H groups in total. The number of carbonyl (C=O) groups excluding carboxylic acids is 1. The summed E-state index contributed by atoms with van der Waals surface area (Å²) in [5.74, 6) is 0.159. The van der Waals surface area contributed by atoms with Crippen molar-refractivity contribution in [1.29, 1.82) is 0 Å². The van der Waals surface area contributed by atoms with Gasteiger partial charge in [0, 0.05) is 11.4 Å². The van der Waals surface area contributed by atoms with E-state index >= 15 is 0 Å². The van der Waals surface area contributed by atoms with Crippen LogP contribution in [0.4, 0.5) is 0 Å². The van der Waals surface area contributed by atoms with Crippen LogP contribution in [0.5, 0.6) is 0 Å². The van der Waals surface area contributed by atoms with Gasteiger partial charge >= 0.3 is 0 Å². The molecule has 1 fully saturated rings. The number of likely N-dealkylation sites (tertiary alicyclic amines) is 1. The zero-order valence-electron chi connectivity index (χ0n) is 13.0. The Balaban J connectivity index is 1.68. The number of para-hydroxylation sites is 1. The van der Waals surface area contributed by atoms with E-state index in [-0.39, 0.29) is 11.9 Å². The average Bonchev–Trinajstić information content (AvgIpc) is 3.20. The number of amides is 1. The number of piperidine rings is 1. The van der Waals surface area contributed by atoms with Gasteiger partial charge in [0.25, 0.3) is 5.91 Å². The molecule has 1 aliphatic rings. The van der Waals surface area contributed by atoms with Gasteiger partial charge in [0.05, 0.1) is 21.1 Å². The maximum atomic E-state index is 12.9. The second kappa shape index (κ2) is 6.06. The van der Waals surface area contributed by atoms with Crippen molar-refractivity contribution in [2.24, 2.45) is 0 Å². The number of rotatable bonds is 2. The first kappa shape index (κ1) is 14.8. The highest BCUT2D eigenvalue weighted by Gasteiger charge is 2.31.